The quantitative estimate of drug-likeness (QED) is 0.723. The number of carbonyl (C=O) groups is 2. The van der Waals surface area contributed by atoms with E-state index in [1.807, 2.05) is 13.8 Å². The van der Waals surface area contributed by atoms with Crippen molar-refractivity contribution >= 4 is 11.8 Å². The smallest absolute Gasteiger partial charge is 0.262 e. The standard InChI is InChI=1S/C21H23NO5/c1-3-26-18-10-9-14(13-19(18)27-4-2)17(11-12-23)22-20(24)15-7-5-6-8-16(15)21(22)25/h5-10,13,17,23H,3-4,11-12H2,1-2H3. The molecule has 0 saturated heterocycles. The van der Waals surface area contributed by atoms with E-state index in [2.05, 4.69) is 0 Å². The van der Waals surface area contributed by atoms with Gasteiger partial charge in [-0.25, -0.2) is 0 Å². The fraction of sp³-hybridized carbons (Fsp3) is 0.333. The highest BCUT2D eigenvalue weighted by Gasteiger charge is 2.40. The average molecular weight is 369 g/mol. The Bertz CT molecular complexity index is 813. The first-order valence-electron chi connectivity index (χ1n) is 9.09. The zero-order chi connectivity index (χ0) is 19.4. The highest BCUT2D eigenvalue weighted by Crippen LogP contribution is 2.37. The Morgan fingerprint density at radius 3 is 2.07 bits per heavy atom. The number of hydrogen-bond donors (Lipinski definition) is 1. The molecule has 142 valence electrons. The van der Waals surface area contributed by atoms with E-state index >= 15 is 0 Å². The summed E-state index contributed by atoms with van der Waals surface area (Å²) in [7, 11) is 0. The summed E-state index contributed by atoms with van der Waals surface area (Å²) in [6.45, 7) is 4.56. The topological polar surface area (TPSA) is 76.1 Å². The predicted octanol–water partition coefficient (Wildman–Crippen LogP) is 3.20. The van der Waals surface area contributed by atoms with Crippen LogP contribution in [-0.2, 0) is 0 Å². The molecule has 0 radical (unpaired) electrons. The first-order valence-corrected chi connectivity index (χ1v) is 9.09. The number of hydrogen-bond acceptors (Lipinski definition) is 5. The van der Waals surface area contributed by atoms with Gasteiger partial charge in [0.05, 0.1) is 30.4 Å². The second-order valence-electron chi connectivity index (χ2n) is 6.13. The van der Waals surface area contributed by atoms with Crippen LogP contribution >= 0.6 is 0 Å². The van der Waals surface area contributed by atoms with Crippen LogP contribution in [0.25, 0.3) is 0 Å². The first-order chi connectivity index (χ1) is 13.1. The predicted molar refractivity (Wildman–Crippen MR) is 100 cm³/mol. The second-order valence-corrected chi connectivity index (χ2v) is 6.13. The molecule has 1 unspecified atom stereocenters. The number of amides is 2. The molecule has 0 aromatic heterocycles. The Hall–Kier alpha value is -2.86. The van der Waals surface area contributed by atoms with Gasteiger partial charge in [0.2, 0.25) is 0 Å². The minimum Gasteiger partial charge on any atom is -0.490 e. The molecule has 6 nitrogen and oxygen atoms in total. The largest absolute Gasteiger partial charge is 0.490 e. The third kappa shape index (κ3) is 3.53. The maximum absolute atomic E-state index is 12.8. The van der Waals surface area contributed by atoms with Gasteiger partial charge < -0.3 is 14.6 Å². The highest BCUT2D eigenvalue weighted by atomic mass is 16.5. The normalized spacial score (nSPS) is 14.3. The number of ether oxygens (including phenoxy) is 2. The van der Waals surface area contributed by atoms with Gasteiger partial charge in [-0.05, 0) is 50.1 Å². The molecule has 3 rings (SSSR count). The van der Waals surface area contributed by atoms with Crippen molar-refractivity contribution in [1.82, 2.24) is 4.90 Å². The van der Waals surface area contributed by atoms with E-state index in [-0.39, 0.29) is 24.8 Å². The van der Waals surface area contributed by atoms with Crippen molar-refractivity contribution < 1.29 is 24.2 Å². The van der Waals surface area contributed by atoms with Crippen LogP contribution in [0.15, 0.2) is 42.5 Å². The molecule has 1 aliphatic heterocycles. The molecule has 0 aliphatic carbocycles. The van der Waals surface area contributed by atoms with Crippen molar-refractivity contribution in [3.8, 4) is 11.5 Å². The molecule has 2 amide bonds. The maximum Gasteiger partial charge on any atom is 0.262 e. The summed E-state index contributed by atoms with van der Waals surface area (Å²) in [4.78, 5) is 26.9. The Morgan fingerprint density at radius 2 is 1.52 bits per heavy atom. The fourth-order valence-corrected chi connectivity index (χ4v) is 3.33. The van der Waals surface area contributed by atoms with Crippen molar-refractivity contribution in [2.24, 2.45) is 0 Å². The Labute approximate surface area is 158 Å². The molecule has 2 aromatic carbocycles. The lowest BCUT2D eigenvalue weighted by Gasteiger charge is -2.27. The molecule has 6 heteroatoms. The average Bonchev–Trinajstić information content (AvgIpc) is 2.93. The van der Waals surface area contributed by atoms with Crippen molar-refractivity contribution in [2.75, 3.05) is 19.8 Å². The number of aliphatic hydroxyl groups is 1. The van der Waals surface area contributed by atoms with Crippen LogP contribution < -0.4 is 9.47 Å². The summed E-state index contributed by atoms with van der Waals surface area (Å²) < 4.78 is 11.2. The van der Waals surface area contributed by atoms with Gasteiger partial charge >= 0.3 is 0 Å². The molecule has 1 heterocycles. The summed E-state index contributed by atoms with van der Waals surface area (Å²) >= 11 is 0. The van der Waals surface area contributed by atoms with Gasteiger partial charge in [-0.15, -0.1) is 0 Å². The van der Waals surface area contributed by atoms with Crippen molar-refractivity contribution in [3.63, 3.8) is 0 Å². The van der Waals surface area contributed by atoms with Gasteiger partial charge in [0.25, 0.3) is 11.8 Å². The summed E-state index contributed by atoms with van der Waals surface area (Å²) in [5.74, 6) is 0.464. The van der Waals surface area contributed by atoms with Crippen molar-refractivity contribution in [1.29, 1.82) is 0 Å². The third-order valence-corrected chi connectivity index (χ3v) is 4.49. The molecule has 0 bridgehead atoms. The van der Waals surface area contributed by atoms with E-state index in [4.69, 9.17) is 9.47 Å². The van der Waals surface area contributed by atoms with E-state index in [1.54, 1.807) is 42.5 Å². The number of carbonyl (C=O) groups excluding carboxylic acids is 2. The number of rotatable bonds is 8. The van der Waals surface area contributed by atoms with Gasteiger partial charge in [0.1, 0.15) is 0 Å². The molecule has 1 N–H and O–H groups in total. The zero-order valence-corrected chi connectivity index (χ0v) is 15.5. The van der Waals surface area contributed by atoms with Gasteiger partial charge in [-0.2, -0.15) is 0 Å². The van der Waals surface area contributed by atoms with Crippen molar-refractivity contribution in [3.05, 3.63) is 59.2 Å². The maximum atomic E-state index is 12.8. The first kappa shape index (κ1) is 18.9. The van der Waals surface area contributed by atoms with Gasteiger partial charge in [-0.3, -0.25) is 14.5 Å². The van der Waals surface area contributed by atoms with E-state index < -0.39 is 6.04 Å². The number of aliphatic hydroxyl groups excluding tert-OH is 1. The van der Waals surface area contributed by atoms with E-state index in [0.717, 1.165) is 0 Å². The lowest BCUT2D eigenvalue weighted by atomic mass is 10.0. The SMILES string of the molecule is CCOc1ccc(C(CCO)N2C(=O)c3ccccc3C2=O)cc1OCC. The fourth-order valence-electron chi connectivity index (χ4n) is 3.33. The minimum absolute atomic E-state index is 0.157. The van der Waals surface area contributed by atoms with Crippen LogP contribution in [0.5, 0.6) is 11.5 Å². The summed E-state index contributed by atoms with van der Waals surface area (Å²) in [6.07, 6.45) is 0.241. The van der Waals surface area contributed by atoms with Crippen LogP contribution in [0.3, 0.4) is 0 Å². The highest BCUT2D eigenvalue weighted by molar-refractivity contribution is 6.21. The van der Waals surface area contributed by atoms with E-state index in [0.29, 0.717) is 41.4 Å². The van der Waals surface area contributed by atoms with E-state index in [9.17, 15) is 14.7 Å². The number of benzene rings is 2. The molecule has 0 saturated carbocycles. The summed E-state index contributed by atoms with van der Waals surface area (Å²) in [5.41, 5.74) is 1.49. The molecular weight excluding hydrogens is 346 g/mol. The second kappa shape index (κ2) is 8.22. The summed E-state index contributed by atoms with van der Waals surface area (Å²) in [6, 6.07) is 11.5. The Kier molecular flexibility index (Phi) is 5.76. The molecule has 1 aliphatic rings. The molecule has 1 atom stereocenters. The van der Waals surface area contributed by atoms with Gasteiger partial charge in [0.15, 0.2) is 11.5 Å². The monoisotopic (exact) mass is 369 g/mol. The van der Waals surface area contributed by atoms with Crippen LogP contribution in [0.1, 0.15) is 52.6 Å². The Balaban J connectivity index is 2.00. The number of imide groups is 1. The van der Waals surface area contributed by atoms with E-state index in [1.165, 1.54) is 4.90 Å². The number of fused-ring (bicyclic) bond motifs is 1. The lowest BCUT2D eigenvalue weighted by molar-refractivity contribution is 0.0558. The zero-order valence-electron chi connectivity index (χ0n) is 15.5. The van der Waals surface area contributed by atoms with Gasteiger partial charge in [0, 0.05) is 6.61 Å². The van der Waals surface area contributed by atoms with Crippen molar-refractivity contribution in [2.45, 2.75) is 26.3 Å². The number of nitrogens with zero attached hydrogens (tertiary/aromatic N) is 1. The van der Waals surface area contributed by atoms with Crippen LogP contribution in [0.2, 0.25) is 0 Å². The van der Waals surface area contributed by atoms with Crippen LogP contribution in [0.4, 0.5) is 0 Å². The molecular formula is C21H23NO5. The third-order valence-electron chi connectivity index (χ3n) is 4.49. The minimum atomic E-state index is -0.586. The molecule has 0 fully saturated rings. The molecule has 0 spiro atoms. The van der Waals surface area contributed by atoms with Crippen LogP contribution in [0, 0.1) is 0 Å². The molecule has 27 heavy (non-hydrogen) atoms. The summed E-state index contributed by atoms with van der Waals surface area (Å²) in [5, 5.41) is 9.55. The Morgan fingerprint density at radius 1 is 0.926 bits per heavy atom. The lowest BCUT2D eigenvalue weighted by Crippen LogP contribution is -2.34. The van der Waals surface area contributed by atoms with Crippen LogP contribution in [-0.4, -0.2) is 41.6 Å². The molecule has 2 aromatic rings. The van der Waals surface area contributed by atoms with Gasteiger partial charge in [-0.1, -0.05) is 18.2 Å².